The van der Waals surface area contributed by atoms with Crippen molar-refractivity contribution in [3.8, 4) is 5.69 Å². The Morgan fingerprint density at radius 1 is 1.07 bits per heavy atom. The van der Waals surface area contributed by atoms with Crippen molar-refractivity contribution in [1.82, 2.24) is 25.5 Å². The Labute approximate surface area is 169 Å². The number of rotatable bonds is 7. The van der Waals surface area contributed by atoms with Gasteiger partial charge in [-0.1, -0.05) is 67.2 Å². The van der Waals surface area contributed by atoms with Crippen LogP contribution in [0.15, 0.2) is 53.7 Å². The summed E-state index contributed by atoms with van der Waals surface area (Å²) in [6.45, 7) is 8.63. The molecule has 1 amide bonds. The fourth-order valence-corrected chi connectivity index (χ4v) is 3.86. The molecule has 0 aliphatic heterocycles. The third kappa shape index (κ3) is 4.59. The Kier molecular flexibility index (Phi) is 6.46. The Morgan fingerprint density at radius 2 is 1.75 bits per heavy atom. The molecule has 146 valence electrons. The van der Waals surface area contributed by atoms with E-state index in [-0.39, 0.29) is 17.1 Å². The van der Waals surface area contributed by atoms with Crippen LogP contribution in [-0.2, 0) is 4.79 Å². The van der Waals surface area contributed by atoms with Gasteiger partial charge in [0.05, 0.1) is 10.9 Å². The number of aromatic nitrogens is 4. The summed E-state index contributed by atoms with van der Waals surface area (Å²) in [5.41, 5.74) is 4.34. The molecule has 0 saturated carbocycles. The minimum atomic E-state index is -0.308. The van der Waals surface area contributed by atoms with Crippen molar-refractivity contribution in [2.24, 2.45) is 0 Å². The van der Waals surface area contributed by atoms with Gasteiger partial charge in [0.15, 0.2) is 0 Å². The highest BCUT2D eigenvalue weighted by molar-refractivity contribution is 8.00. The number of nitrogens with one attached hydrogen (secondary N) is 1. The highest BCUT2D eigenvalue weighted by atomic mass is 32.2. The molecule has 0 aliphatic rings. The van der Waals surface area contributed by atoms with Crippen molar-refractivity contribution in [1.29, 1.82) is 0 Å². The number of amides is 1. The average molecular weight is 396 g/mol. The van der Waals surface area contributed by atoms with Crippen LogP contribution >= 0.6 is 11.8 Å². The molecule has 0 aliphatic carbocycles. The van der Waals surface area contributed by atoms with E-state index >= 15 is 0 Å². The predicted molar refractivity (Wildman–Crippen MR) is 112 cm³/mol. The molecule has 1 N–H and O–H groups in total. The SMILES string of the molecule is Cc1cccc(C)c1-n1nnnc1SC(C)C(=O)NCC(C)c1ccccc1. The molecule has 1 aromatic heterocycles. The standard InChI is InChI=1S/C21H25N5OS/c1-14-9-8-10-15(2)19(14)26-21(23-24-25-26)28-17(4)20(27)22-13-16(3)18-11-6-5-7-12-18/h5-12,16-17H,13H2,1-4H3,(H,22,27). The second-order valence-corrected chi connectivity index (χ2v) is 8.24. The zero-order valence-electron chi connectivity index (χ0n) is 16.6. The molecule has 28 heavy (non-hydrogen) atoms. The van der Waals surface area contributed by atoms with Crippen LogP contribution in [0, 0.1) is 13.8 Å². The van der Waals surface area contributed by atoms with Gasteiger partial charge in [0.2, 0.25) is 11.1 Å². The van der Waals surface area contributed by atoms with E-state index in [0.29, 0.717) is 11.7 Å². The molecular formula is C21H25N5OS. The number of tetrazole rings is 1. The summed E-state index contributed by atoms with van der Waals surface area (Å²) in [5, 5.41) is 15.4. The van der Waals surface area contributed by atoms with Gasteiger partial charge in [-0.15, -0.1) is 5.10 Å². The zero-order valence-corrected chi connectivity index (χ0v) is 17.4. The quantitative estimate of drug-likeness (QED) is 0.618. The van der Waals surface area contributed by atoms with Crippen LogP contribution in [0.5, 0.6) is 0 Å². The van der Waals surface area contributed by atoms with Crippen molar-refractivity contribution in [3.05, 3.63) is 65.2 Å². The number of aryl methyl sites for hydroxylation is 2. The van der Waals surface area contributed by atoms with E-state index in [2.05, 4.69) is 39.9 Å². The molecule has 2 atom stereocenters. The topological polar surface area (TPSA) is 72.7 Å². The molecule has 0 radical (unpaired) electrons. The fraction of sp³-hybridized carbons (Fsp3) is 0.333. The van der Waals surface area contributed by atoms with E-state index in [1.165, 1.54) is 17.3 Å². The second-order valence-electron chi connectivity index (χ2n) is 6.93. The third-order valence-electron chi connectivity index (χ3n) is 4.69. The monoisotopic (exact) mass is 395 g/mol. The number of thioether (sulfide) groups is 1. The summed E-state index contributed by atoms with van der Waals surface area (Å²) < 4.78 is 1.71. The molecular weight excluding hydrogens is 370 g/mol. The van der Waals surface area contributed by atoms with Crippen LogP contribution in [-0.4, -0.2) is 37.9 Å². The maximum atomic E-state index is 12.6. The predicted octanol–water partition coefficient (Wildman–Crippen LogP) is 3.68. The van der Waals surface area contributed by atoms with Crippen LogP contribution < -0.4 is 5.32 Å². The average Bonchev–Trinajstić information content (AvgIpc) is 3.14. The zero-order chi connectivity index (χ0) is 20.1. The van der Waals surface area contributed by atoms with Gasteiger partial charge in [-0.25, -0.2) is 0 Å². The molecule has 0 saturated heterocycles. The van der Waals surface area contributed by atoms with Crippen molar-refractivity contribution in [2.45, 2.75) is 44.0 Å². The number of para-hydroxylation sites is 1. The van der Waals surface area contributed by atoms with Crippen LogP contribution in [0.25, 0.3) is 5.69 Å². The van der Waals surface area contributed by atoms with Crippen molar-refractivity contribution >= 4 is 17.7 Å². The van der Waals surface area contributed by atoms with Crippen molar-refractivity contribution in [3.63, 3.8) is 0 Å². The molecule has 6 nitrogen and oxygen atoms in total. The molecule has 7 heteroatoms. The summed E-state index contributed by atoms with van der Waals surface area (Å²) in [6.07, 6.45) is 0. The first kappa shape index (κ1) is 20.1. The van der Waals surface area contributed by atoms with Crippen molar-refractivity contribution < 1.29 is 4.79 Å². The van der Waals surface area contributed by atoms with Crippen LogP contribution in [0.4, 0.5) is 0 Å². The lowest BCUT2D eigenvalue weighted by atomic mass is 10.0. The number of carbonyl (C=O) groups excluding carboxylic acids is 1. The largest absolute Gasteiger partial charge is 0.355 e. The lowest BCUT2D eigenvalue weighted by Gasteiger charge is -2.16. The first-order chi connectivity index (χ1) is 13.5. The van der Waals surface area contributed by atoms with Gasteiger partial charge in [0.1, 0.15) is 0 Å². The first-order valence-electron chi connectivity index (χ1n) is 9.31. The van der Waals surface area contributed by atoms with Crippen LogP contribution in [0.3, 0.4) is 0 Å². The number of nitrogens with zero attached hydrogens (tertiary/aromatic N) is 4. The molecule has 2 aromatic carbocycles. The van der Waals surface area contributed by atoms with E-state index < -0.39 is 0 Å². The molecule has 0 spiro atoms. The van der Waals surface area contributed by atoms with Gasteiger partial charge in [0, 0.05) is 6.54 Å². The fourth-order valence-electron chi connectivity index (χ4n) is 3.04. The third-order valence-corrected chi connectivity index (χ3v) is 5.73. The van der Waals surface area contributed by atoms with Gasteiger partial charge in [0.25, 0.3) is 0 Å². The maximum Gasteiger partial charge on any atom is 0.233 e. The Bertz CT molecular complexity index is 921. The van der Waals surface area contributed by atoms with E-state index in [0.717, 1.165) is 16.8 Å². The summed E-state index contributed by atoms with van der Waals surface area (Å²) in [6, 6.07) is 16.2. The summed E-state index contributed by atoms with van der Waals surface area (Å²) in [7, 11) is 0. The van der Waals surface area contributed by atoms with E-state index in [4.69, 9.17) is 0 Å². The van der Waals surface area contributed by atoms with E-state index in [1.807, 2.05) is 57.2 Å². The Morgan fingerprint density at radius 3 is 2.43 bits per heavy atom. The van der Waals surface area contributed by atoms with Gasteiger partial charge < -0.3 is 5.32 Å². The highest BCUT2D eigenvalue weighted by Gasteiger charge is 2.21. The Balaban J connectivity index is 1.65. The summed E-state index contributed by atoms with van der Waals surface area (Å²) >= 11 is 1.36. The normalized spacial score (nSPS) is 13.1. The smallest absolute Gasteiger partial charge is 0.233 e. The number of carbonyl (C=O) groups is 1. The summed E-state index contributed by atoms with van der Waals surface area (Å²) in [5.74, 6) is 0.228. The lowest BCUT2D eigenvalue weighted by Crippen LogP contribution is -2.33. The molecule has 1 heterocycles. The minimum Gasteiger partial charge on any atom is -0.355 e. The second kappa shape index (κ2) is 9.01. The van der Waals surface area contributed by atoms with Crippen LogP contribution in [0.2, 0.25) is 0 Å². The minimum absolute atomic E-state index is 0.0242. The number of benzene rings is 2. The van der Waals surface area contributed by atoms with Crippen LogP contribution in [0.1, 0.15) is 36.5 Å². The lowest BCUT2D eigenvalue weighted by molar-refractivity contribution is -0.120. The summed E-state index contributed by atoms with van der Waals surface area (Å²) in [4.78, 5) is 12.6. The van der Waals surface area contributed by atoms with Gasteiger partial charge in [-0.2, -0.15) is 4.68 Å². The molecule has 3 rings (SSSR count). The molecule has 2 unspecified atom stereocenters. The molecule has 0 bridgehead atoms. The number of hydrogen-bond donors (Lipinski definition) is 1. The highest BCUT2D eigenvalue weighted by Crippen LogP contribution is 2.26. The maximum absolute atomic E-state index is 12.6. The van der Waals surface area contributed by atoms with Gasteiger partial charge in [-0.3, -0.25) is 4.79 Å². The molecule has 3 aromatic rings. The van der Waals surface area contributed by atoms with Gasteiger partial charge in [-0.05, 0) is 53.8 Å². The van der Waals surface area contributed by atoms with Gasteiger partial charge >= 0.3 is 0 Å². The Hall–Kier alpha value is -2.67. The first-order valence-corrected chi connectivity index (χ1v) is 10.2. The van der Waals surface area contributed by atoms with E-state index in [1.54, 1.807) is 4.68 Å². The number of hydrogen-bond acceptors (Lipinski definition) is 5. The van der Waals surface area contributed by atoms with E-state index in [9.17, 15) is 4.79 Å². The van der Waals surface area contributed by atoms with Crippen molar-refractivity contribution in [2.75, 3.05) is 6.54 Å². The molecule has 0 fully saturated rings.